The molecule has 2 heteroatoms. The first-order valence-corrected chi connectivity index (χ1v) is 5.52. The molecule has 1 unspecified atom stereocenters. The Morgan fingerprint density at radius 2 is 2.07 bits per heavy atom. The van der Waals surface area contributed by atoms with Gasteiger partial charge >= 0.3 is 0 Å². The molecule has 0 saturated carbocycles. The number of ether oxygens (including phenoxy) is 1. The summed E-state index contributed by atoms with van der Waals surface area (Å²) < 4.78 is 5.74. The summed E-state index contributed by atoms with van der Waals surface area (Å²) in [4.78, 5) is 0. The minimum Gasteiger partial charge on any atom is -0.487 e. The molecule has 0 spiro atoms. The number of benzene rings is 1. The molecular formula is C13H19NO. The molecule has 0 amide bonds. The maximum atomic E-state index is 5.74. The zero-order valence-electron chi connectivity index (χ0n) is 9.92. The highest BCUT2D eigenvalue weighted by Crippen LogP contribution is 2.33. The Morgan fingerprint density at radius 3 is 2.73 bits per heavy atom. The largest absolute Gasteiger partial charge is 0.487 e. The summed E-state index contributed by atoms with van der Waals surface area (Å²) in [5.41, 5.74) is 2.66. The summed E-state index contributed by atoms with van der Waals surface area (Å²) in [7, 11) is 0. The Labute approximate surface area is 91.6 Å². The minimum atomic E-state index is 0.194. The Bertz CT molecular complexity index is 365. The number of anilines is 1. The first kappa shape index (κ1) is 10.3. The van der Waals surface area contributed by atoms with Crippen LogP contribution in [0.2, 0.25) is 0 Å². The molecule has 0 fully saturated rings. The van der Waals surface area contributed by atoms with E-state index >= 15 is 0 Å². The van der Waals surface area contributed by atoms with Gasteiger partial charge < -0.3 is 10.1 Å². The van der Waals surface area contributed by atoms with E-state index in [4.69, 9.17) is 4.74 Å². The number of nitrogens with one attached hydrogen (secondary N) is 1. The van der Waals surface area contributed by atoms with Crippen LogP contribution in [0.5, 0.6) is 5.75 Å². The average Bonchev–Trinajstić information content (AvgIpc) is 2.15. The van der Waals surface area contributed by atoms with Gasteiger partial charge in [0, 0.05) is 0 Å². The highest BCUT2D eigenvalue weighted by molar-refractivity contribution is 5.60. The van der Waals surface area contributed by atoms with Crippen molar-refractivity contribution in [3.05, 3.63) is 23.8 Å². The van der Waals surface area contributed by atoms with Crippen molar-refractivity contribution >= 4 is 5.69 Å². The third kappa shape index (κ3) is 2.09. The molecule has 0 aromatic heterocycles. The summed E-state index contributed by atoms with van der Waals surface area (Å²) in [5.74, 6) is 0.974. The molecule has 0 aliphatic carbocycles. The summed E-state index contributed by atoms with van der Waals surface area (Å²) >= 11 is 0. The van der Waals surface area contributed by atoms with Crippen molar-refractivity contribution in [3.63, 3.8) is 0 Å². The molecule has 0 bridgehead atoms. The van der Waals surface area contributed by atoms with Crippen molar-refractivity contribution in [2.75, 3.05) is 11.9 Å². The zero-order chi connectivity index (χ0) is 11.1. The highest BCUT2D eigenvalue weighted by Gasteiger charge is 2.19. The van der Waals surface area contributed by atoms with Gasteiger partial charge in [-0.2, -0.15) is 0 Å². The van der Waals surface area contributed by atoms with Gasteiger partial charge in [-0.05, 0) is 30.0 Å². The van der Waals surface area contributed by atoms with Gasteiger partial charge in [-0.1, -0.05) is 26.8 Å². The molecule has 82 valence electrons. The normalized spacial score (nSPS) is 20.1. The maximum absolute atomic E-state index is 5.74. The Hall–Kier alpha value is -1.18. The van der Waals surface area contributed by atoms with Gasteiger partial charge in [0.2, 0.25) is 0 Å². The van der Waals surface area contributed by atoms with Gasteiger partial charge in [-0.3, -0.25) is 0 Å². The van der Waals surface area contributed by atoms with Crippen molar-refractivity contribution in [1.82, 2.24) is 0 Å². The predicted molar refractivity (Wildman–Crippen MR) is 63.7 cm³/mol. The van der Waals surface area contributed by atoms with E-state index < -0.39 is 0 Å². The lowest BCUT2D eigenvalue weighted by molar-refractivity contribution is 0.226. The third-order valence-corrected chi connectivity index (χ3v) is 2.75. The van der Waals surface area contributed by atoms with E-state index in [0.29, 0.717) is 0 Å². The van der Waals surface area contributed by atoms with Crippen LogP contribution in [-0.4, -0.2) is 12.6 Å². The average molecular weight is 205 g/mol. The van der Waals surface area contributed by atoms with Crippen molar-refractivity contribution in [2.24, 2.45) is 0 Å². The van der Waals surface area contributed by atoms with Crippen molar-refractivity contribution in [1.29, 1.82) is 0 Å². The van der Waals surface area contributed by atoms with Crippen molar-refractivity contribution < 1.29 is 4.74 Å². The van der Waals surface area contributed by atoms with Crippen LogP contribution in [0.15, 0.2) is 18.2 Å². The Morgan fingerprint density at radius 1 is 1.33 bits per heavy atom. The summed E-state index contributed by atoms with van der Waals surface area (Å²) in [6.07, 6.45) is 0.262. The van der Waals surface area contributed by atoms with E-state index in [9.17, 15) is 0 Å². The molecule has 15 heavy (non-hydrogen) atoms. The molecule has 0 radical (unpaired) electrons. The van der Waals surface area contributed by atoms with Crippen LogP contribution >= 0.6 is 0 Å². The van der Waals surface area contributed by atoms with Gasteiger partial charge in [-0.15, -0.1) is 0 Å². The van der Waals surface area contributed by atoms with Crippen LogP contribution in [0.1, 0.15) is 33.3 Å². The standard InChI is InChI=1S/C13H19NO/c1-9-8-14-11-7-10(13(2,3)4)5-6-12(11)15-9/h5-7,9,14H,8H2,1-4H3. The lowest BCUT2D eigenvalue weighted by Crippen LogP contribution is -2.28. The van der Waals surface area contributed by atoms with Gasteiger partial charge in [0.1, 0.15) is 11.9 Å². The molecule has 1 N–H and O–H groups in total. The van der Waals surface area contributed by atoms with Gasteiger partial charge in [0.25, 0.3) is 0 Å². The SMILES string of the molecule is CC1CNc2cc(C(C)(C)C)ccc2O1. The summed E-state index contributed by atoms with van der Waals surface area (Å²) in [5, 5.41) is 3.40. The van der Waals surface area contributed by atoms with Crippen LogP contribution in [0, 0.1) is 0 Å². The lowest BCUT2D eigenvalue weighted by Gasteiger charge is -2.27. The second-order valence-corrected chi connectivity index (χ2v) is 5.27. The lowest BCUT2D eigenvalue weighted by atomic mass is 9.86. The van der Waals surface area contributed by atoms with Crippen LogP contribution in [0.25, 0.3) is 0 Å². The van der Waals surface area contributed by atoms with Crippen LogP contribution in [0.3, 0.4) is 0 Å². The first-order chi connectivity index (χ1) is 6.97. The van der Waals surface area contributed by atoms with Crippen molar-refractivity contribution in [3.8, 4) is 5.75 Å². The molecular weight excluding hydrogens is 186 g/mol. The van der Waals surface area contributed by atoms with Crippen molar-refractivity contribution in [2.45, 2.75) is 39.2 Å². The fraction of sp³-hybridized carbons (Fsp3) is 0.538. The molecule has 1 atom stereocenters. The quantitative estimate of drug-likeness (QED) is 0.702. The number of hydrogen-bond acceptors (Lipinski definition) is 2. The Kier molecular flexibility index (Phi) is 2.37. The molecule has 1 aromatic carbocycles. The van der Waals surface area contributed by atoms with Gasteiger partial charge in [0.15, 0.2) is 0 Å². The van der Waals surface area contributed by atoms with E-state index in [1.54, 1.807) is 0 Å². The van der Waals surface area contributed by atoms with E-state index in [-0.39, 0.29) is 11.5 Å². The molecule has 1 aliphatic rings. The second kappa shape index (κ2) is 3.44. The molecule has 0 saturated heterocycles. The van der Waals surface area contributed by atoms with E-state index in [2.05, 4.69) is 51.2 Å². The molecule has 2 nitrogen and oxygen atoms in total. The summed E-state index contributed by atoms with van der Waals surface area (Å²) in [6.45, 7) is 9.64. The summed E-state index contributed by atoms with van der Waals surface area (Å²) in [6, 6.07) is 6.42. The van der Waals surface area contributed by atoms with E-state index in [1.807, 2.05) is 0 Å². The second-order valence-electron chi connectivity index (χ2n) is 5.27. The maximum Gasteiger partial charge on any atom is 0.142 e. The van der Waals surface area contributed by atoms with Crippen LogP contribution in [-0.2, 0) is 5.41 Å². The Balaban J connectivity index is 2.35. The smallest absolute Gasteiger partial charge is 0.142 e. The number of fused-ring (bicyclic) bond motifs is 1. The van der Waals surface area contributed by atoms with Gasteiger partial charge in [0.05, 0.1) is 12.2 Å². The molecule has 2 rings (SSSR count). The number of hydrogen-bond donors (Lipinski definition) is 1. The van der Waals surface area contributed by atoms with Crippen LogP contribution in [0.4, 0.5) is 5.69 Å². The van der Waals surface area contributed by atoms with Gasteiger partial charge in [-0.25, -0.2) is 0 Å². The third-order valence-electron chi connectivity index (χ3n) is 2.75. The van der Waals surface area contributed by atoms with Crippen LogP contribution < -0.4 is 10.1 Å². The zero-order valence-corrected chi connectivity index (χ0v) is 9.92. The topological polar surface area (TPSA) is 21.3 Å². The highest BCUT2D eigenvalue weighted by atomic mass is 16.5. The molecule has 1 heterocycles. The fourth-order valence-electron chi connectivity index (χ4n) is 1.75. The molecule has 1 aliphatic heterocycles. The van der Waals surface area contributed by atoms with E-state index in [0.717, 1.165) is 18.0 Å². The van der Waals surface area contributed by atoms with E-state index in [1.165, 1.54) is 5.56 Å². The molecule has 1 aromatic rings. The minimum absolute atomic E-state index is 0.194. The first-order valence-electron chi connectivity index (χ1n) is 5.52. The monoisotopic (exact) mass is 205 g/mol. The number of rotatable bonds is 0. The predicted octanol–water partition coefficient (Wildman–Crippen LogP) is 3.18. The fourth-order valence-corrected chi connectivity index (χ4v) is 1.75.